The van der Waals surface area contributed by atoms with E-state index < -0.39 is 0 Å². The fourth-order valence-corrected chi connectivity index (χ4v) is 2.22. The summed E-state index contributed by atoms with van der Waals surface area (Å²) in [5, 5.41) is 3.51. The average Bonchev–Trinajstić information content (AvgIpc) is 3.04. The van der Waals surface area contributed by atoms with Crippen LogP contribution >= 0.6 is 0 Å². The molecule has 21 heavy (non-hydrogen) atoms. The normalized spacial score (nSPS) is 12.1. The number of rotatable bonds is 8. The molecule has 0 aliphatic heterocycles. The highest BCUT2D eigenvalue weighted by Gasteiger charge is 2.08. The second-order valence-electron chi connectivity index (χ2n) is 5.08. The summed E-state index contributed by atoms with van der Waals surface area (Å²) >= 11 is 0. The third kappa shape index (κ3) is 4.53. The fraction of sp³-hybridized carbons (Fsp3) is 0.412. The lowest BCUT2D eigenvalue weighted by Crippen LogP contribution is -2.26. The average molecular weight is 289 g/mol. The van der Waals surface area contributed by atoms with E-state index in [0.29, 0.717) is 6.04 Å². The number of ether oxygens (including phenoxy) is 2. The first kappa shape index (κ1) is 15.4. The van der Waals surface area contributed by atoms with Crippen LogP contribution in [0.1, 0.15) is 24.7 Å². The van der Waals surface area contributed by atoms with E-state index in [1.807, 2.05) is 30.3 Å². The Kier molecular flexibility index (Phi) is 5.69. The predicted molar refractivity (Wildman–Crippen MR) is 82.9 cm³/mol. The maximum absolute atomic E-state index is 5.39. The van der Waals surface area contributed by atoms with E-state index in [9.17, 15) is 0 Å². The van der Waals surface area contributed by atoms with Crippen LogP contribution in [0.3, 0.4) is 0 Å². The first-order valence-corrected chi connectivity index (χ1v) is 7.19. The lowest BCUT2D eigenvalue weighted by Gasteiger charge is -2.15. The molecule has 0 fully saturated rings. The van der Waals surface area contributed by atoms with Gasteiger partial charge < -0.3 is 19.2 Å². The molecule has 1 heterocycles. The molecule has 4 heteroatoms. The van der Waals surface area contributed by atoms with Crippen molar-refractivity contribution in [1.29, 1.82) is 0 Å². The van der Waals surface area contributed by atoms with Crippen LogP contribution in [0.5, 0.6) is 11.5 Å². The molecule has 4 nitrogen and oxygen atoms in total. The van der Waals surface area contributed by atoms with E-state index in [1.54, 1.807) is 20.5 Å². The summed E-state index contributed by atoms with van der Waals surface area (Å²) in [7, 11) is 3.36. The van der Waals surface area contributed by atoms with E-state index >= 15 is 0 Å². The zero-order valence-electron chi connectivity index (χ0n) is 12.9. The molecule has 2 aromatic rings. The Balaban J connectivity index is 1.86. The van der Waals surface area contributed by atoms with Crippen molar-refractivity contribution in [2.24, 2.45) is 0 Å². The standard InChI is InChI=1S/C17H23NO3/c1-13(6-7-15-5-4-10-21-15)18-12-14-11-16(19-2)8-9-17(14)20-3/h4-5,8-11,13,18H,6-7,12H2,1-3H3. The molecule has 1 atom stereocenters. The molecule has 0 aliphatic rings. The van der Waals surface area contributed by atoms with Crippen molar-refractivity contribution in [3.05, 3.63) is 47.9 Å². The SMILES string of the molecule is COc1ccc(OC)c(CNC(C)CCc2ccco2)c1. The van der Waals surface area contributed by atoms with E-state index in [1.165, 1.54) is 0 Å². The number of aryl methyl sites for hydroxylation is 1. The maximum atomic E-state index is 5.39. The lowest BCUT2D eigenvalue weighted by molar-refractivity contribution is 0.394. The summed E-state index contributed by atoms with van der Waals surface area (Å²) in [5.41, 5.74) is 1.10. The van der Waals surface area contributed by atoms with Gasteiger partial charge in [-0.1, -0.05) is 0 Å². The Morgan fingerprint density at radius 2 is 2.05 bits per heavy atom. The highest BCUT2D eigenvalue weighted by molar-refractivity contribution is 5.40. The Hall–Kier alpha value is -1.94. The van der Waals surface area contributed by atoms with E-state index in [-0.39, 0.29) is 0 Å². The number of hydrogen-bond donors (Lipinski definition) is 1. The maximum Gasteiger partial charge on any atom is 0.123 e. The van der Waals surface area contributed by atoms with Crippen LogP contribution in [0, 0.1) is 0 Å². The van der Waals surface area contributed by atoms with Gasteiger partial charge in [-0.3, -0.25) is 0 Å². The molecule has 114 valence electrons. The molecule has 1 aromatic carbocycles. The molecule has 0 amide bonds. The van der Waals surface area contributed by atoms with E-state index in [0.717, 1.165) is 42.2 Å². The summed E-state index contributed by atoms with van der Waals surface area (Å²) in [6, 6.07) is 10.2. The van der Waals surface area contributed by atoms with E-state index in [2.05, 4.69) is 12.2 Å². The Bertz CT molecular complexity index is 537. The first-order chi connectivity index (χ1) is 10.2. The van der Waals surface area contributed by atoms with Gasteiger partial charge in [-0.05, 0) is 43.7 Å². The number of benzene rings is 1. The minimum absolute atomic E-state index is 0.394. The minimum Gasteiger partial charge on any atom is -0.497 e. The van der Waals surface area contributed by atoms with Crippen molar-refractivity contribution in [2.75, 3.05) is 14.2 Å². The number of methoxy groups -OCH3 is 2. The van der Waals surface area contributed by atoms with Crippen LogP contribution < -0.4 is 14.8 Å². The topological polar surface area (TPSA) is 43.6 Å². The summed E-state index contributed by atoms with van der Waals surface area (Å²) in [6.45, 7) is 2.93. The molecule has 0 spiro atoms. The van der Waals surface area contributed by atoms with Crippen molar-refractivity contribution in [1.82, 2.24) is 5.32 Å². The number of furan rings is 1. The Morgan fingerprint density at radius 1 is 1.19 bits per heavy atom. The van der Waals surface area contributed by atoms with Gasteiger partial charge in [0.25, 0.3) is 0 Å². The highest BCUT2D eigenvalue weighted by atomic mass is 16.5. The second kappa shape index (κ2) is 7.74. The third-order valence-corrected chi connectivity index (χ3v) is 3.53. The van der Waals surface area contributed by atoms with Crippen LogP contribution in [0.25, 0.3) is 0 Å². The minimum atomic E-state index is 0.394. The zero-order valence-corrected chi connectivity index (χ0v) is 12.9. The number of hydrogen-bond acceptors (Lipinski definition) is 4. The zero-order chi connectivity index (χ0) is 15.1. The molecule has 1 unspecified atom stereocenters. The van der Waals surface area contributed by atoms with Gasteiger partial charge in [0.05, 0.1) is 20.5 Å². The molecule has 0 saturated carbocycles. The summed E-state index contributed by atoms with van der Waals surface area (Å²) < 4.78 is 16.0. The molecule has 0 aliphatic carbocycles. The van der Waals surface area contributed by atoms with Crippen LogP contribution in [-0.4, -0.2) is 20.3 Å². The van der Waals surface area contributed by atoms with Crippen LogP contribution in [-0.2, 0) is 13.0 Å². The van der Waals surface area contributed by atoms with Gasteiger partial charge in [0.15, 0.2) is 0 Å². The van der Waals surface area contributed by atoms with E-state index in [4.69, 9.17) is 13.9 Å². The lowest BCUT2D eigenvalue weighted by atomic mass is 10.1. The summed E-state index contributed by atoms with van der Waals surface area (Å²) in [6.07, 6.45) is 3.69. The van der Waals surface area contributed by atoms with Crippen molar-refractivity contribution >= 4 is 0 Å². The van der Waals surface area contributed by atoms with Gasteiger partial charge in [0.1, 0.15) is 17.3 Å². The summed E-state index contributed by atoms with van der Waals surface area (Å²) in [5.74, 6) is 2.75. The predicted octanol–water partition coefficient (Wildman–Crippen LogP) is 3.41. The highest BCUT2D eigenvalue weighted by Crippen LogP contribution is 2.23. The Morgan fingerprint density at radius 3 is 2.71 bits per heavy atom. The van der Waals surface area contributed by atoms with Crippen molar-refractivity contribution in [2.45, 2.75) is 32.4 Å². The van der Waals surface area contributed by atoms with Crippen molar-refractivity contribution in [3.8, 4) is 11.5 Å². The molecular formula is C17H23NO3. The van der Waals surface area contributed by atoms with Gasteiger partial charge in [0, 0.05) is 24.6 Å². The van der Waals surface area contributed by atoms with Crippen LogP contribution in [0.2, 0.25) is 0 Å². The van der Waals surface area contributed by atoms with Gasteiger partial charge >= 0.3 is 0 Å². The van der Waals surface area contributed by atoms with Gasteiger partial charge in [-0.2, -0.15) is 0 Å². The monoisotopic (exact) mass is 289 g/mol. The smallest absolute Gasteiger partial charge is 0.123 e. The second-order valence-corrected chi connectivity index (χ2v) is 5.08. The quantitative estimate of drug-likeness (QED) is 0.809. The van der Waals surface area contributed by atoms with Crippen LogP contribution in [0.15, 0.2) is 41.0 Å². The van der Waals surface area contributed by atoms with Gasteiger partial charge in [-0.15, -0.1) is 0 Å². The summed E-state index contributed by atoms with van der Waals surface area (Å²) in [4.78, 5) is 0. The molecule has 1 aromatic heterocycles. The molecule has 0 bridgehead atoms. The van der Waals surface area contributed by atoms with Crippen molar-refractivity contribution < 1.29 is 13.9 Å². The molecule has 0 radical (unpaired) electrons. The first-order valence-electron chi connectivity index (χ1n) is 7.19. The van der Waals surface area contributed by atoms with Crippen molar-refractivity contribution in [3.63, 3.8) is 0 Å². The fourth-order valence-electron chi connectivity index (χ4n) is 2.22. The molecular weight excluding hydrogens is 266 g/mol. The third-order valence-electron chi connectivity index (χ3n) is 3.53. The largest absolute Gasteiger partial charge is 0.497 e. The van der Waals surface area contributed by atoms with Gasteiger partial charge in [-0.25, -0.2) is 0 Å². The molecule has 0 saturated heterocycles. The Labute approximate surface area is 126 Å². The molecule has 2 rings (SSSR count). The van der Waals surface area contributed by atoms with Gasteiger partial charge in [0.2, 0.25) is 0 Å². The number of nitrogens with one attached hydrogen (secondary N) is 1. The molecule has 1 N–H and O–H groups in total. The van der Waals surface area contributed by atoms with Crippen LogP contribution in [0.4, 0.5) is 0 Å².